The maximum Gasteiger partial charge on any atom is 0.433 e. The predicted octanol–water partition coefficient (Wildman–Crippen LogP) is 3.39. The van der Waals surface area contributed by atoms with E-state index in [1.807, 2.05) is 0 Å². The highest BCUT2D eigenvalue weighted by Crippen LogP contribution is 2.30. The van der Waals surface area contributed by atoms with Crippen LogP contribution in [-0.2, 0) is 12.4 Å². The summed E-state index contributed by atoms with van der Waals surface area (Å²) in [7, 11) is 1.39. The number of hydrogen-bond donors (Lipinski definition) is 1. The highest BCUT2D eigenvalue weighted by Gasteiger charge is 2.33. The Labute approximate surface area is 150 Å². The molecule has 1 aromatic heterocycles. The summed E-state index contributed by atoms with van der Waals surface area (Å²) in [6.07, 6.45) is -9.28. The number of aliphatic hydroxyl groups excluding tert-OH is 1. The average molecular weight is 395 g/mol. The first-order valence-corrected chi connectivity index (χ1v) is 7.56. The van der Waals surface area contributed by atoms with E-state index in [1.54, 1.807) is 0 Å². The first kappa shape index (κ1) is 20.7. The molecule has 1 aromatic carbocycles. The summed E-state index contributed by atoms with van der Waals surface area (Å²) in [5, 5.41) is 9.93. The molecule has 0 bridgehead atoms. The molecule has 1 heterocycles. The lowest BCUT2D eigenvalue weighted by Crippen LogP contribution is -2.34. The van der Waals surface area contributed by atoms with E-state index in [2.05, 4.69) is 9.97 Å². The second-order valence-electron chi connectivity index (χ2n) is 5.61. The summed E-state index contributed by atoms with van der Waals surface area (Å²) in [6, 6.07) is 4.61. The quantitative estimate of drug-likeness (QED) is 0.760. The molecule has 0 fully saturated rings. The van der Waals surface area contributed by atoms with E-state index < -0.39 is 29.7 Å². The largest absolute Gasteiger partial charge is 0.491 e. The number of hydrogen-bond acceptors (Lipinski definition) is 5. The van der Waals surface area contributed by atoms with Crippen LogP contribution < -0.4 is 9.64 Å². The van der Waals surface area contributed by atoms with Gasteiger partial charge in [0, 0.05) is 19.8 Å². The number of alkyl halides is 6. The zero-order valence-corrected chi connectivity index (χ0v) is 13.9. The number of aliphatic hydroxyl groups is 1. The third-order valence-electron chi connectivity index (χ3n) is 3.38. The summed E-state index contributed by atoms with van der Waals surface area (Å²) in [5.41, 5.74) is -1.95. The summed E-state index contributed by atoms with van der Waals surface area (Å²) < 4.78 is 80.6. The molecule has 0 aliphatic carbocycles. The van der Waals surface area contributed by atoms with Crippen molar-refractivity contribution in [3.05, 3.63) is 47.8 Å². The van der Waals surface area contributed by atoms with E-state index in [0.717, 1.165) is 36.5 Å². The van der Waals surface area contributed by atoms with Gasteiger partial charge in [-0.05, 0) is 30.3 Å². The molecule has 0 aliphatic heterocycles. The molecular formula is C16H15F6N3O2. The third-order valence-corrected chi connectivity index (χ3v) is 3.38. The minimum atomic E-state index is -4.62. The maximum atomic E-state index is 12.7. The van der Waals surface area contributed by atoms with E-state index in [-0.39, 0.29) is 24.8 Å². The van der Waals surface area contributed by atoms with Crippen molar-refractivity contribution >= 4 is 5.95 Å². The molecule has 1 N–H and O–H groups in total. The van der Waals surface area contributed by atoms with Crippen LogP contribution in [0.4, 0.5) is 32.3 Å². The number of nitrogens with zero attached hydrogens (tertiary/aromatic N) is 3. The molecule has 1 atom stereocenters. The number of anilines is 1. The van der Waals surface area contributed by atoms with Gasteiger partial charge in [-0.2, -0.15) is 26.3 Å². The van der Waals surface area contributed by atoms with Crippen LogP contribution in [0.1, 0.15) is 11.3 Å². The number of halogens is 6. The zero-order chi connectivity index (χ0) is 20.2. The molecule has 2 rings (SSSR count). The van der Waals surface area contributed by atoms with Gasteiger partial charge in [-0.15, -0.1) is 0 Å². The average Bonchev–Trinajstić information content (AvgIpc) is 2.59. The van der Waals surface area contributed by atoms with Crippen molar-refractivity contribution in [2.75, 3.05) is 25.1 Å². The zero-order valence-electron chi connectivity index (χ0n) is 13.9. The van der Waals surface area contributed by atoms with Crippen LogP contribution in [-0.4, -0.2) is 41.4 Å². The molecule has 0 saturated carbocycles. The van der Waals surface area contributed by atoms with Crippen LogP contribution in [0.15, 0.2) is 36.5 Å². The number of ether oxygens (including phenoxy) is 1. The SMILES string of the molecule is CN(C[C@@H](O)COc1ccc(C(F)(F)F)cc1)c1nccc(C(F)(F)F)n1. The lowest BCUT2D eigenvalue weighted by molar-refractivity contribution is -0.141. The highest BCUT2D eigenvalue weighted by atomic mass is 19.4. The van der Waals surface area contributed by atoms with Crippen molar-refractivity contribution in [2.45, 2.75) is 18.5 Å². The van der Waals surface area contributed by atoms with Crippen molar-refractivity contribution in [1.29, 1.82) is 0 Å². The van der Waals surface area contributed by atoms with E-state index in [4.69, 9.17) is 4.74 Å². The van der Waals surface area contributed by atoms with Crippen LogP contribution >= 0.6 is 0 Å². The molecule has 11 heteroatoms. The third kappa shape index (κ3) is 5.98. The minimum Gasteiger partial charge on any atom is -0.491 e. The van der Waals surface area contributed by atoms with Crippen LogP contribution in [0.2, 0.25) is 0 Å². The lowest BCUT2D eigenvalue weighted by Gasteiger charge is -2.21. The smallest absolute Gasteiger partial charge is 0.433 e. The Kier molecular flexibility index (Phi) is 6.14. The second-order valence-corrected chi connectivity index (χ2v) is 5.61. The Balaban J connectivity index is 1.91. The summed E-state index contributed by atoms with van der Waals surface area (Å²) in [4.78, 5) is 8.30. The number of aromatic nitrogens is 2. The van der Waals surface area contributed by atoms with E-state index in [0.29, 0.717) is 0 Å². The summed E-state index contributed by atoms with van der Waals surface area (Å²) >= 11 is 0. The van der Waals surface area contributed by atoms with Gasteiger partial charge in [0.1, 0.15) is 24.2 Å². The maximum absolute atomic E-state index is 12.7. The van der Waals surface area contributed by atoms with E-state index >= 15 is 0 Å². The van der Waals surface area contributed by atoms with Crippen molar-refractivity contribution in [3.8, 4) is 5.75 Å². The fourth-order valence-corrected chi connectivity index (χ4v) is 2.07. The Morgan fingerprint density at radius 3 is 2.22 bits per heavy atom. The minimum absolute atomic E-state index is 0.111. The Morgan fingerprint density at radius 2 is 1.67 bits per heavy atom. The molecular weight excluding hydrogens is 380 g/mol. The molecule has 0 saturated heterocycles. The normalized spacial score (nSPS) is 13.3. The van der Waals surface area contributed by atoms with Crippen molar-refractivity contribution in [3.63, 3.8) is 0 Å². The molecule has 0 amide bonds. The highest BCUT2D eigenvalue weighted by molar-refractivity contribution is 5.30. The van der Waals surface area contributed by atoms with Crippen LogP contribution in [0.3, 0.4) is 0 Å². The first-order valence-electron chi connectivity index (χ1n) is 7.56. The van der Waals surface area contributed by atoms with Gasteiger partial charge in [0.15, 0.2) is 0 Å². The first-order chi connectivity index (χ1) is 12.5. The van der Waals surface area contributed by atoms with Crippen molar-refractivity contribution in [2.24, 2.45) is 0 Å². The molecule has 0 unspecified atom stereocenters. The fourth-order valence-electron chi connectivity index (χ4n) is 2.07. The number of likely N-dealkylation sites (N-methyl/N-ethyl adjacent to an activating group) is 1. The summed E-state index contributed by atoms with van der Waals surface area (Å²) in [6.45, 7) is -0.434. The van der Waals surface area contributed by atoms with E-state index in [1.165, 1.54) is 11.9 Å². The van der Waals surface area contributed by atoms with Gasteiger partial charge >= 0.3 is 12.4 Å². The standard InChI is InChI=1S/C16H15F6N3O2/c1-25(14-23-7-6-13(24-14)16(20,21)22)8-11(26)9-27-12-4-2-10(3-5-12)15(17,18)19/h2-7,11,26H,8-9H2,1H3/t11-/m1/s1. The molecule has 0 radical (unpaired) electrons. The molecule has 0 spiro atoms. The molecule has 27 heavy (non-hydrogen) atoms. The topological polar surface area (TPSA) is 58.5 Å². The van der Waals surface area contributed by atoms with Gasteiger partial charge in [-0.25, -0.2) is 9.97 Å². The van der Waals surface area contributed by atoms with Gasteiger partial charge < -0.3 is 14.7 Å². The van der Waals surface area contributed by atoms with Gasteiger partial charge in [0.05, 0.1) is 5.56 Å². The Hall–Kier alpha value is -2.56. The predicted molar refractivity (Wildman–Crippen MR) is 83.2 cm³/mol. The molecule has 5 nitrogen and oxygen atoms in total. The number of rotatable bonds is 6. The van der Waals surface area contributed by atoms with E-state index in [9.17, 15) is 31.4 Å². The van der Waals surface area contributed by atoms with Crippen LogP contribution in [0, 0.1) is 0 Å². The fraction of sp³-hybridized carbons (Fsp3) is 0.375. The summed E-state index contributed by atoms with van der Waals surface area (Å²) in [5.74, 6) is -0.126. The van der Waals surface area contributed by atoms with Gasteiger partial charge in [0.25, 0.3) is 0 Å². The van der Waals surface area contributed by atoms with Crippen LogP contribution in [0.5, 0.6) is 5.75 Å². The Bertz CT molecular complexity index is 749. The molecule has 2 aromatic rings. The van der Waals surface area contributed by atoms with Gasteiger partial charge in [-0.3, -0.25) is 0 Å². The van der Waals surface area contributed by atoms with Gasteiger partial charge in [0.2, 0.25) is 5.95 Å². The second kappa shape index (κ2) is 7.99. The molecule has 0 aliphatic rings. The number of benzene rings is 1. The lowest BCUT2D eigenvalue weighted by atomic mass is 10.2. The van der Waals surface area contributed by atoms with Crippen molar-refractivity contribution in [1.82, 2.24) is 9.97 Å². The van der Waals surface area contributed by atoms with Crippen LogP contribution in [0.25, 0.3) is 0 Å². The molecule has 148 valence electrons. The van der Waals surface area contributed by atoms with Gasteiger partial charge in [-0.1, -0.05) is 0 Å². The monoisotopic (exact) mass is 395 g/mol. The Morgan fingerprint density at radius 1 is 1.04 bits per heavy atom. The van der Waals surface area contributed by atoms with Crippen molar-refractivity contribution < 1.29 is 36.2 Å².